The Labute approximate surface area is 809 Å². The molecule has 1 N–H and O–H groups in total. The van der Waals surface area contributed by atoms with E-state index < -0.39 is 31.7 Å². The van der Waals surface area contributed by atoms with Crippen LogP contribution in [-0.4, -0.2) is 50.0 Å². The van der Waals surface area contributed by atoms with Crippen LogP contribution in [0.1, 0.15) is 44.8 Å². The van der Waals surface area contributed by atoms with Crippen molar-refractivity contribution in [1.29, 1.82) is 0 Å². The van der Waals surface area contributed by atoms with Gasteiger partial charge in [-0.15, -0.1) is 22.7 Å². The van der Waals surface area contributed by atoms with Crippen LogP contribution >= 0.6 is 86.2 Å². The van der Waals surface area contributed by atoms with E-state index in [4.69, 9.17) is 19.4 Å². The summed E-state index contributed by atoms with van der Waals surface area (Å²) in [5.74, 6) is 0. The quantitative estimate of drug-likeness (QED) is 0.0352. The van der Waals surface area contributed by atoms with E-state index >= 15 is 0 Å². The van der Waals surface area contributed by atoms with Gasteiger partial charge < -0.3 is 20.4 Å². The largest absolute Gasteiger partial charge is 1.00 e. The van der Waals surface area contributed by atoms with Crippen molar-refractivity contribution in [3.8, 4) is 10.6 Å². The Balaban J connectivity index is 0.000000166. The minimum absolute atomic E-state index is 0. The molecule has 1 saturated heterocycles. The third kappa shape index (κ3) is 29.0. The van der Waals surface area contributed by atoms with Gasteiger partial charge in [0.25, 0.3) is 0 Å². The predicted molar refractivity (Wildman–Crippen MR) is 543 cm³/mol. The molecule has 630 valence electrons. The van der Waals surface area contributed by atoms with Gasteiger partial charge >= 0.3 is 36.7 Å². The zero-order chi connectivity index (χ0) is 86.7. The molecule has 0 aliphatic carbocycles. The Hall–Kier alpha value is -9.08. The van der Waals surface area contributed by atoms with Crippen molar-refractivity contribution in [2.45, 2.75) is 59.7 Å². The molecule has 18 aromatic rings. The SMILES string of the molecule is Cc1cc2cccc(Br)c2cn1.Cc1ncc(-c2cc3cccc(Br)c3cn2)s1.Cc1ncc(B2OC(C)(C)C(C)(C)O2)s1.O=[C-]OO.[H-].[Na+].[Pd].c1ccc(P(c2ccccc2)c2ccccc2)cc1.c1ccc(P(c2ccccc2)c2ccccc2)cc1.c1ccc(P(c2ccccc2)c2ccccc2)cc1.c1ccc(P(c2ccccc2)c2ccccc2)cc1. The molecule has 0 unspecified atom stereocenters. The Bertz CT molecular complexity index is 5330. The molecule has 19 rings (SSSR count). The molecular weight excluding hydrogens is 1900 g/mol. The van der Waals surface area contributed by atoms with Gasteiger partial charge in [-0.05, 0) is 185 Å². The van der Waals surface area contributed by atoms with E-state index in [1.807, 2.05) is 69.8 Å². The maximum absolute atomic E-state index is 8.58. The molecule has 1 fully saturated rings. The first-order valence-corrected chi connectivity index (χ1v) is 48.9. The van der Waals surface area contributed by atoms with Gasteiger partial charge in [0.05, 0.1) is 36.6 Å². The summed E-state index contributed by atoms with van der Waals surface area (Å²) < 4.78 is 15.1. The average molecular weight is 1990 g/mol. The van der Waals surface area contributed by atoms with Crippen LogP contribution in [-0.2, 0) is 39.4 Å². The molecule has 0 atom stereocenters. The molecule has 1 aliphatic heterocycles. The van der Waals surface area contributed by atoms with Crippen LogP contribution < -0.4 is 98.0 Å². The van der Waals surface area contributed by atoms with Crippen LogP contribution in [0.25, 0.3) is 32.1 Å². The van der Waals surface area contributed by atoms with Gasteiger partial charge in [-0.25, -0.2) is 10.2 Å². The second-order valence-electron chi connectivity index (χ2n) is 29.0. The summed E-state index contributed by atoms with van der Waals surface area (Å²) in [6.45, 7) is 15.0. The first-order valence-electron chi connectivity index (χ1n) is 40.3. The van der Waals surface area contributed by atoms with Crippen molar-refractivity contribution in [2.75, 3.05) is 0 Å². The zero-order valence-corrected chi connectivity index (χ0v) is 83.1. The summed E-state index contributed by atoms with van der Waals surface area (Å²) in [6.07, 6.45) is 7.52. The molecule has 5 heterocycles. The molecule has 0 saturated carbocycles. The second-order valence-corrected chi connectivity index (χ2v) is 42.1. The number of thiazole rings is 2. The molecular formula is C106H95BBr2N4NaO5P4PdS2-. The van der Waals surface area contributed by atoms with E-state index in [1.165, 1.54) is 79.8 Å². The van der Waals surface area contributed by atoms with Crippen molar-refractivity contribution in [3.63, 3.8) is 0 Å². The Morgan fingerprint density at radius 3 is 0.810 bits per heavy atom. The number of hydrogen-bond acceptors (Lipinski definition) is 11. The number of aryl methyl sites for hydroxylation is 3. The number of nitrogens with zero attached hydrogens (tertiary/aromatic N) is 4. The van der Waals surface area contributed by atoms with Gasteiger partial charge in [0.2, 0.25) is 0 Å². The van der Waals surface area contributed by atoms with Gasteiger partial charge in [-0.2, -0.15) is 0 Å². The summed E-state index contributed by atoms with van der Waals surface area (Å²) >= 11 is 10.3. The number of pyridine rings is 2. The van der Waals surface area contributed by atoms with Gasteiger partial charge in [-0.3, -0.25) is 15.0 Å². The Morgan fingerprint density at radius 2 is 0.579 bits per heavy atom. The maximum atomic E-state index is 8.58. The molecule has 0 bridgehead atoms. The van der Waals surface area contributed by atoms with Crippen molar-refractivity contribution in [2.24, 2.45) is 0 Å². The van der Waals surface area contributed by atoms with E-state index in [0.29, 0.717) is 0 Å². The molecule has 4 aromatic heterocycles. The number of fused-ring (bicyclic) bond motifs is 2. The molecule has 1 aliphatic rings. The topological polar surface area (TPSA) is 117 Å². The number of halogens is 2. The van der Waals surface area contributed by atoms with Crippen molar-refractivity contribution < 1.29 is 75.7 Å². The summed E-state index contributed by atoms with van der Waals surface area (Å²) in [4.78, 5) is 29.6. The third-order valence-corrected chi connectivity index (χ3v) is 32.8. The first kappa shape index (κ1) is 99.1. The number of aromatic nitrogens is 4. The number of benzene rings is 14. The summed E-state index contributed by atoms with van der Waals surface area (Å²) in [5, 5.41) is 30.6. The molecule has 20 heteroatoms. The number of hydrogen-bond donors (Lipinski definition) is 1. The minimum Gasteiger partial charge on any atom is -1.00 e. The smallest absolute Gasteiger partial charge is 1.00 e. The van der Waals surface area contributed by atoms with Crippen LogP contribution in [0.5, 0.6) is 0 Å². The molecule has 0 radical (unpaired) electrons. The Morgan fingerprint density at radius 1 is 0.341 bits per heavy atom. The summed E-state index contributed by atoms with van der Waals surface area (Å²) in [6, 6.07) is 146. The van der Waals surface area contributed by atoms with Gasteiger partial charge in [0.15, 0.2) is 0 Å². The van der Waals surface area contributed by atoms with E-state index in [0.717, 1.165) is 51.9 Å². The molecule has 9 nitrogen and oxygen atoms in total. The van der Waals surface area contributed by atoms with Crippen molar-refractivity contribution in [3.05, 3.63) is 462 Å². The maximum Gasteiger partial charge on any atom is 1.00 e. The van der Waals surface area contributed by atoms with E-state index in [2.05, 4.69) is 473 Å². The first-order chi connectivity index (χ1) is 60.5. The van der Waals surface area contributed by atoms with Crippen LogP contribution in [0.4, 0.5) is 0 Å². The van der Waals surface area contributed by atoms with Gasteiger partial charge in [-0.1, -0.05) is 420 Å². The normalized spacial score (nSPS) is 11.8. The fourth-order valence-electron chi connectivity index (χ4n) is 13.2. The van der Waals surface area contributed by atoms with Crippen LogP contribution in [0, 0.1) is 20.8 Å². The van der Waals surface area contributed by atoms with Gasteiger partial charge in [0, 0.05) is 70.6 Å². The molecule has 0 amide bonds. The van der Waals surface area contributed by atoms with Crippen LogP contribution in [0.3, 0.4) is 0 Å². The molecule has 0 spiro atoms. The molecule has 126 heavy (non-hydrogen) atoms. The molecule has 14 aromatic carbocycles. The standard InChI is InChI=1S/4C18H15P.C13H9BrN2S.C10H16BNO2S.C10H8BrN.CHO3.Na.Pd.H/c4*1-4-10-16(11-5-1)19(17-12-6-2-7-13-17)18-14-8-3-9-15-18;1-8-15-7-13(17-8)12-5-9-3-2-4-11(14)10(9)6-16-12;1-7-12-6-8(15-7)11-13-9(2,3)10(4,5)14-11;1-7-5-8-3-2-4-10(11)9(8)6-12-7;2-1-4-3;;;/h4*1-15H;2-7H,1H3;6H,1-5H3;2-6H,1H3;3H;;;/q;;;;;;;-1;+1;;-1. The average Bonchev–Trinajstić information content (AvgIpc) is 1.62. The van der Waals surface area contributed by atoms with Gasteiger partial charge in [0.1, 0.15) is 0 Å². The van der Waals surface area contributed by atoms with Crippen LogP contribution in [0.15, 0.2) is 446 Å². The number of carbonyl (C=O) groups excluding carboxylic acids is 1. The van der Waals surface area contributed by atoms with Crippen molar-refractivity contribution >= 4 is 190 Å². The monoisotopic (exact) mass is 1990 g/mol. The van der Waals surface area contributed by atoms with Crippen molar-refractivity contribution in [1.82, 2.24) is 19.9 Å². The third-order valence-electron chi connectivity index (χ3n) is 19.8. The predicted octanol–water partition coefficient (Wildman–Crippen LogP) is 19.9. The van der Waals surface area contributed by atoms with E-state index in [9.17, 15) is 0 Å². The summed E-state index contributed by atoms with van der Waals surface area (Å²) in [7, 11) is -2.05. The fraction of sp³-hybridized carbons (Fsp3) is 0.0849. The number of rotatable bonds is 15. The second kappa shape index (κ2) is 51.8. The van der Waals surface area contributed by atoms with E-state index in [-0.39, 0.29) is 69.7 Å². The Kier molecular flexibility index (Phi) is 40.7. The summed E-state index contributed by atoms with van der Waals surface area (Å²) in [5.41, 5.74) is 1.51. The fourth-order valence-corrected chi connectivity index (χ4v) is 24.8. The zero-order valence-electron chi connectivity index (χ0n) is 72.2. The van der Waals surface area contributed by atoms with Crippen LogP contribution in [0.2, 0.25) is 0 Å². The van der Waals surface area contributed by atoms with E-state index in [1.54, 1.807) is 22.7 Å². The minimum atomic E-state index is -0.446.